The lowest BCUT2D eigenvalue weighted by Crippen LogP contribution is -2.47. The minimum Gasteiger partial charge on any atom is -0.346 e. The van der Waals surface area contributed by atoms with Crippen LogP contribution in [0.2, 0.25) is 0 Å². The molecule has 1 aromatic rings. The molecule has 2 heterocycles. The summed E-state index contributed by atoms with van der Waals surface area (Å²) in [5.74, 6) is -1.75. The minimum absolute atomic E-state index is 0.0315. The van der Waals surface area contributed by atoms with Crippen LogP contribution in [0.5, 0.6) is 0 Å². The fourth-order valence-electron chi connectivity index (χ4n) is 5.38. The zero-order valence-corrected chi connectivity index (χ0v) is 21.5. The second-order valence-corrected chi connectivity index (χ2v) is 11.4. The Hall–Kier alpha value is -3.21. The van der Waals surface area contributed by atoms with Gasteiger partial charge in [0.05, 0.1) is 12.5 Å². The molecule has 1 spiro atoms. The lowest BCUT2D eigenvalue weighted by Gasteiger charge is -2.30. The van der Waals surface area contributed by atoms with Crippen LogP contribution >= 0.6 is 0 Å². The van der Waals surface area contributed by atoms with Gasteiger partial charge in [0, 0.05) is 31.5 Å². The molecule has 0 saturated carbocycles. The molecule has 1 fully saturated rings. The van der Waals surface area contributed by atoms with Crippen LogP contribution < -0.4 is 10.6 Å². The first kappa shape index (κ1) is 26.4. The van der Waals surface area contributed by atoms with Gasteiger partial charge in [-0.05, 0) is 29.4 Å². The third-order valence-corrected chi connectivity index (χ3v) is 6.92. The number of hydrogen-bond donors (Lipinski definition) is 2. The van der Waals surface area contributed by atoms with E-state index in [-0.39, 0.29) is 54.2 Å². The Kier molecular flexibility index (Phi) is 7.39. The van der Waals surface area contributed by atoms with Gasteiger partial charge in [-0.2, -0.15) is 0 Å². The van der Waals surface area contributed by atoms with Gasteiger partial charge in [0.2, 0.25) is 17.7 Å². The van der Waals surface area contributed by atoms with Gasteiger partial charge in [-0.3, -0.25) is 28.9 Å². The third kappa shape index (κ3) is 5.39. The van der Waals surface area contributed by atoms with Gasteiger partial charge < -0.3 is 10.6 Å². The lowest BCUT2D eigenvalue weighted by molar-refractivity contribution is -0.140. The molecule has 8 nitrogen and oxygen atoms in total. The number of rotatable bonds is 7. The van der Waals surface area contributed by atoms with Gasteiger partial charge in [-0.15, -0.1) is 0 Å². The Morgan fingerprint density at radius 3 is 2.49 bits per heavy atom. The highest BCUT2D eigenvalue weighted by Crippen LogP contribution is 2.47. The zero-order chi connectivity index (χ0) is 26.1. The van der Waals surface area contributed by atoms with Crippen LogP contribution in [0.25, 0.3) is 4.85 Å². The first-order valence-electron chi connectivity index (χ1n) is 12.2. The predicted molar refractivity (Wildman–Crippen MR) is 133 cm³/mol. The van der Waals surface area contributed by atoms with E-state index in [1.165, 1.54) is 11.8 Å². The van der Waals surface area contributed by atoms with Crippen molar-refractivity contribution in [1.29, 1.82) is 0 Å². The number of para-hydroxylation sites is 1. The minimum atomic E-state index is -0.964. The Bertz CT molecular complexity index is 1070. The third-order valence-electron chi connectivity index (χ3n) is 6.92. The van der Waals surface area contributed by atoms with Gasteiger partial charge in [0.1, 0.15) is 5.41 Å². The van der Waals surface area contributed by atoms with E-state index in [1.807, 2.05) is 58.9 Å². The highest BCUT2D eigenvalue weighted by atomic mass is 16.2. The average Bonchev–Trinajstić information content (AvgIpc) is 3.28. The number of likely N-dealkylation sites (tertiary alicyclic amines) is 1. The number of amides is 3. The summed E-state index contributed by atoms with van der Waals surface area (Å²) in [5.41, 5.74) is 0.313. The summed E-state index contributed by atoms with van der Waals surface area (Å²) in [7, 11) is 0. The molecular formula is C27H36N4O4. The number of fused-ring (bicyclic) bond motifs is 2. The van der Waals surface area contributed by atoms with Crippen molar-refractivity contribution in [3.63, 3.8) is 0 Å². The molecule has 4 atom stereocenters. The van der Waals surface area contributed by atoms with E-state index in [0.717, 1.165) is 5.56 Å². The second kappa shape index (κ2) is 9.80. The Balaban J connectivity index is 1.91. The number of anilines is 1. The van der Waals surface area contributed by atoms with E-state index in [0.29, 0.717) is 12.1 Å². The van der Waals surface area contributed by atoms with Crippen molar-refractivity contribution in [2.45, 2.75) is 78.4 Å². The van der Waals surface area contributed by atoms with Crippen LogP contribution in [0.1, 0.15) is 66.4 Å². The van der Waals surface area contributed by atoms with E-state index in [9.17, 15) is 19.2 Å². The molecule has 0 radical (unpaired) electrons. The number of carbonyl (C=O) groups excluding carboxylic acids is 4. The fraction of sp³-hybridized carbons (Fsp3) is 0.593. The molecule has 1 saturated heterocycles. The standard InChI is InChI=1S/C27H36N4O4/c1-16(2)23(29-17(3)32)21(33)12-18(13-26(4,5)6)24(34)31-15-27(14-22(31)28-7)19-10-8-9-11-20(19)30-25(27)35/h8-11,16,18,22-23H,12-15H2,1-6H3,(H,29,32)(H,30,35)/t18-,22-,23-,27-/m0/s1. The lowest BCUT2D eigenvalue weighted by atomic mass is 9.79. The summed E-state index contributed by atoms with van der Waals surface area (Å²) in [6, 6.07) is 6.71. The van der Waals surface area contributed by atoms with Crippen molar-refractivity contribution in [3.05, 3.63) is 41.2 Å². The fourth-order valence-corrected chi connectivity index (χ4v) is 5.38. The predicted octanol–water partition coefficient (Wildman–Crippen LogP) is 3.53. The second-order valence-electron chi connectivity index (χ2n) is 11.4. The summed E-state index contributed by atoms with van der Waals surface area (Å²) in [5, 5.41) is 5.62. The van der Waals surface area contributed by atoms with E-state index in [1.54, 1.807) is 0 Å². The first-order chi connectivity index (χ1) is 16.3. The molecule has 2 N–H and O–H groups in total. The van der Waals surface area contributed by atoms with Crippen LogP contribution in [0.15, 0.2) is 24.3 Å². The number of nitrogens with one attached hydrogen (secondary N) is 2. The number of nitrogens with zero attached hydrogens (tertiary/aromatic N) is 2. The molecule has 188 valence electrons. The van der Waals surface area contributed by atoms with Crippen molar-refractivity contribution in [2.24, 2.45) is 17.3 Å². The average molecular weight is 481 g/mol. The molecule has 0 bridgehead atoms. The van der Waals surface area contributed by atoms with Crippen LogP contribution in [-0.2, 0) is 24.6 Å². The van der Waals surface area contributed by atoms with E-state index in [4.69, 9.17) is 6.57 Å². The molecule has 0 unspecified atom stereocenters. The molecule has 3 rings (SSSR count). The highest BCUT2D eigenvalue weighted by Gasteiger charge is 2.59. The zero-order valence-electron chi connectivity index (χ0n) is 21.5. The molecule has 3 amide bonds. The monoisotopic (exact) mass is 480 g/mol. The normalized spacial score (nSPS) is 23.0. The van der Waals surface area contributed by atoms with Crippen molar-refractivity contribution >= 4 is 29.2 Å². The van der Waals surface area contributed by atoms with Crippen LogP contribution in [0, 0.1) is 23.8 Å². The molecule has 2 aliphatic rings. The van der Waals surface area contributed by atoms with Gasteiger partial charge in [0.15, 0.2) is 5.78 Å². The number of ketones is 1. The maximum atomic E-state index is 13.9. The molecule has 1 aromatic carbocycles. The topological polar surface area (TPSA) is 99.9 Å². The maximum Gasteiger partial charge on any atom is 0.302 e. The van der Waals surface area contributed by atoms with Gasteiger partial charge in [-0.25, -0.2) is 6.57 Å². The maximum absolute atomic E-state index is 13.9. The summed E-state index contributed by atoms with van der Waals surface area (Å²) >= 11 is 0. The van der Waals surface area contributed by atoms with Crippen molar-refractivity contribution in [3.8, 4) is 0 Å². The molecule has 8 heteroatoms. The molecule has 2 aliphatic heterocycles. The highest BCUT2D eigenvalue weighted by molar-refractivity contribution is 6.07. The first-order valence-corrected chi connectivity index (χ1v) is 12.2. The number of hydrogen-bond acceptors (Lipinski definition) is 4. The smallest absolute Gasteiger partial charge is 0.302 e. The molecule has 0 aliphatic carbocycles. The van der Waals surface area contributed by atoms with E-state index < -0.39 is 23.5 Å². The number of benzene rings is 1. The summed E-state index contributed by atoms with van der Waals surface area (Å²) < 4.78 is 0. The van der Waals surface area contributed by atoms with Crippen molar-refractivity contribution in [2.75, 3.05) is 11.9 Å². The van der Waals surface area contributed by atoms with Crippen LogP contribution in [0.4, 0.5) is 5.69 Å². The van der Waals surface area contributed by atoms with E-state index in [2.05, 4.69) is 15.5 Å². The number of Topliss-reactive ketones (excluding diaryl/α,β-unsaturated/α-hetero) is 1. The largest absolute Gasteiger partial charge is 0.346 e. The quantitative estimate of drug-likeness (QED) is 0.583. The van der Waals surface area contributed by atoms with Crippen LogP contribution in [0.3, 0.4) is 0 Å². The van der Waals surface area contributed by atoms with Crippen LogP contribution in [-0.4, -0.2) is 47.2 Å². The number of carbonyl (C=O) groups is 4. The Morgan fingerprint density at radius 1 is 1.26 bits per heavy atom. The van der Waals surface area contributed by atoms with Gasteiger partial charge in [0.25, 0.3) is 0 Å². The van der Waals surface area contributed by atoms with Crippen molar-refractivity contribution in [1.82, 2.24) is 10.2 Å². The molecule has 35 heavy (non-hydrogen) atoms. The van der Waals surface area contributed by atoms with Gasteiger partial charge in [-0.1, -0.05) is 52.8 Å². The van der Waals surface area contributed by atoms with Crippen molar-refractivity contribution < 1.29 is 19.2 Å². The summed E-state index contributed by atoms with van der Waals surface area (Å²) in [4.78, 5) is 57.1. The Morgan fingerprint density at radius 2 is 1.91 bits per heavy atom. The van der Waals surface area contributed by atoms with Gasteiger partial charge >= 0.3 is 6.17 Å². The SMILES string of the molecule is [C-]#[N+][C@@H]1C[C@@]2(CN1C(=O)[C@@H](CC(=O)[C@@H](NC(C)=O)C(C)C)CC(C)(C)C)C(=O)Nc1ccccc12. The molecule has 0 aromatic heterocycles. The summed E-state index contributed by atoms with van der Waals surface area (Å²) in [6.45, 7) is 19.0. The Labute approximate surface area is 207 Å². The molecular weight excluding hydrogens is 444 g/mol. The summed E-state index contributed by atoms with van der Waals surface area (Å²) in [6.07, 6.45) is -0.148. The van der Waals surface area contributed by atoms with E-state index >= 15 is 0 Å².